The van der Waals surface area contributed by atoms with Gasteiger partial charge >= 0.3 is 0 Å². The Bertz CT molecular complexity index is 798. The van der Waals surface area contributed by atoms with E-state index >= 15 is 0 Å². The number of fused-ring (bicyclic) bond motifs is 1. The van der Waals surface area contributed by atoms with Gasteiger partial charge in [-0.05, 0) is 29.7 Å². The van der Waals surface area contributed by atoms with Gasteiger partial charge in [-0.1, -0.05) is 18.2 Å². The van der Waals surface area contributed by atoms with Crippen molar-refractivity contribution in [1.82, 2.24) is 9.88 Å². The fraction of sp³-hybridized carbons (Fsp3) is 0.222. The largest absolute Gasteiger partial charge is 0.487 e. The van der Waals surface area contributed by atoms with Crippen LogP contribution in [0.3, 0.4) is 0 Å². The number of likely N-dealkylation sites (tertiary alicyclic amines) is 1. The summed E-state index contributed by atoms with van der Waals surface area (Å²) in [5.74, 6) is 0.858. The van der Waals surface area contributed by atoms with Gasteiger partial charge in [0.15, 0.2) is 0 Å². The number of rotatable bonds is 3. The fourth-order valence-corrected chi connectivity index (χ4v) is 3.89. The molecular formula is C18H16N2O2S. The first kappa shape index (κ1) is 14.2. The van der Waals surface area contributed by atoms with Crippen molar-refractivity contribution in [2.24, 2.45) is 0 Å². The van der Waals surface area contributed by atoms with Crippen LogP contribution in [0.1, 0.15) is 16.1 Å². The van der Waals surface area contributed by atoms with Crippen LogP contribution in [0.5, 0.6) is 5.75 Å². The number of hydrogen-bond donors (Lipinski definition) is 0. The Hall–Kier alpha value is -2.40. The zero-order valence-corrected chi connectivity index (χ0v) is 13.3. The summed E-state index contributed by atoms with van der Waals surface area (Å²) in [6, 6.07) is 13.8. The Balaban J connectivity index is 1.45. The van der Waals surface area contributed by atoms with Crippen LogP contribution in [0.15, 0.2) is 54.9 Å². The molecule has 0 saturated carbocycles. The van der Waals surface area contributed by atoms with E-state index in [9.17, 15) is 4.79 Å². The Kier molecular flexibility index (Phi) is 3.71. The highest BCUT2D eigenvalue weighted by molar-refractivity contribution is 7.20. The second-order valence-corrected chi connectivity index (χ2v) is 6.70. The number of thiophene rings is 1. The van der Waals surface area contributed by atoms with Gasteiger partial charge in [0.05, 0.1) is 17.6 Å². The maximum Gasteiger partial charge on any atom is 0.264 e. The van der Waals surface area contributed by atoms with Gasteiger partial charge in [0.2, 0.25) is 0 Å². The van der Waals surface area contributed by atoms with E-state index in [4.69, 9.17) is 4.74 Å². The van der Waals surface area contributed by atoms with Crippen LogP contribution in [0, 0.1) is 0 Å². The van der Waals surface area contributed by atoms with Crippen LogP contribution in [0.2, 0.25) is 0 Å². The predicted octanol–water partition coefficient (Wildman–Crippen LogP) is 3.59. The molecule has 0 spiro atoms. The molecule has 1 aromatic carbocycles. The first-order valence-corrected chi connectivity index (χ1v) is 8.46. The third-order valence-corrected chi connectivity index (χ3v) is 5.11. The summed E-state index contributed by atoms with van der Waals surface area (Å²) >= 11 is 1.56. The number of hydrogen-bond acceptors (Lipinski definition) is 4. The SMILES string of the molecule is O=C(c1cc2ccccc2s1)N1CC[C@H](Oc2cccnc2)C1. The summed E-state index contributed by atoms with van der Waals surface area (Å²) in [5, 5.41) is 1.13. The molecule has 0 radical (unpaired) electrons. The molecule has 1 atom stereocenters. The van der Waals surface area contributed by atoms with Crippen LogP contribution in [-0.2, 0) is 0 Å². The van der Waals surface area contributed by atoms with E-state index in [0.29, 0.717) is 6.54 Å². The lowest BCUT2D eigenvalue weighted by molar-refractivity contribution is 0.0777. The summed E-state index contributed by atoms with van der Waals surface area (Å²) in [6.07, 6.45) is 4.32. The molecule has 23 heavy (non-hydrogen) atoms. The monoisotopic (exact) mass is 324 g/mol. The van der Waals surface area contributed by atoms with Gasteiger partial charge in [-0.25, -0.2) is 0 Å². The van der Waals surface area contributed by atoms with E-state index in [0.717, 1.165) is 33.7 Å². The van der Waals surface area contributed by atoms with E-state index in [1.807, 2.05) is 41.3 Å². The number of carbonyl (C=O) groups is 1. The minimum atomic E-state index is 0.0394. The molecule has 0 aliphatic carbocycles. The topological polar surface area (TPSA) is 42.4 Å². The highest BCUT2D eigenvalue weighted by atomic mass is 32.1. The third kappa shape index (κ3) is 2.92. The molecule has 2 aromatic heterocycles. The lowest BCUT2D eigenvalue weighted by Crippen LogP contribution is -2.30. The van der Waals surface area contributed by atoms with E-state index in [1.165, 1.54) is 0 Å². The highest BCUT2D eigenvalue weighted by Crippen LogP contribution is 2.27. The molecule has 1 fully saturated rings. The summed E-state index contributed by atoms with van der Waals surface area (Å²) in [5.41, 5.74) is 0. The first-order chi connectivity index (χ1) is 11.3. The number of aromatic nitrogens is 1. The highest BCUT2D eigenvalue weighted by Gasteiger charge is 2.29. The molecule has 1 aliphatic rings. The van der Waals surface area contributed by atoms with Gasteiger partial charge in [-0.15, -0.1) is 11.3 Å². The number of ether oxygens (including phenoxy) is 1. The zero-order chi connectivity index (χ0) is 15.6. The summed E-state index contributed by atoms with van der Waals surface area (Å²) in [4.78, 5) is 19.4. The smallest absolute Gasteiger partial charge is 0.264 e. The lowest BCUT2D eigenvalue weighted by atomic mass is 10.2. The third-order valence-electron chi connectivity index (χ3n) is 4.01. The first-order valence-electron chi connectivity index (χ1n) is 7.64. The average molecular weight is 324 g/mol. The molecule has 1 aliphatic heterocycles. The standard InChI is InChI=1S/C18H16N2O2S/c21-18(17-10-13-4-1-2-6-16(13)23-17)20-9-7-15(12-20)22-14-5-3-8-19-11-14/h1-6,8,10-11,15H,7,9,12H2/t15-/m0/s1. The normalized spacial score (nSPS) is 17.6. The second-order valence-electron chi connectivity index (χ2n) is 5.62. The van der Waals surface area contributed by atoms with Gasteiger partial charge in [0, 0.05) is 23.9 Å². The molecule has 3 heterocycles. The van der Waals surface area contributed by atoms with E-state index in [-0.39, 0.29) is 12.0 Å². The molecule has 5 heteroatoms. The van der Waals surface area contributed by atoms with Crippen molar-refractivity contribution in [2.45, 2.75) is 12.5 Å². The number of nitrogens with zero attached hydrogens (tertiary/aromatic N) is 2. The van der Waals surface area contributed by atoms with Gasteiger partial charge in [0.25, 0.3) is 5.91 Å². The summed E-state index contributed by atoms with van der Waals surface area (Å²) < 4.78 is 7.05. The average Bonchev–Trinajstić information content (AvgIpc) is 3.21. The molecule has 0 N–H and O–H groups in total. The molecule has 4 rings (SSSR count). The van der Waals surface area contributed by atoms with Gasteiger partial charge in [-0.3, -0.25) is 9.78 Å². The Morgan fingerprint density at radius 2 is 2.17 bits per heavy atom. The molecule has 1 amide bonds. The number of pyridine rings is 1. The molecule has 0 bridgehead atoms. The van der Waals surface area contributed by atoms with Crippen molar-refractivity contribution in [1.29, 1.82) is 0 Å². The Labute approximate surface area is 138 Å². The number of carbonyl (C=O) groups excluding carboxylic acids is 1. The Morgan fingerprint density at radius 1 is 1.26 bits per heavy atom. The minimum absolute atomic E-state index is 0.0394. The summed E-state index contributed by atoms with van der Waals surface area (Å²) in [6.45, 7) is 1.36. The molecule has 3 aromatic rings. The maximum atomic E-state index is 12.7. The van der Waals surface area contributed by atoms with Crippen LogP contribution in [0.25, 0.3) is 10.1 Å². The molecule has 4 nitrogen and oxygen atoms in total. The summed E-state index contributed by atoms with van der Waals surface area (Å²) in [7, 11) is 0. The Morgan fingerprint density at radius 3 is 3.00 bits per heavy atom. The van der Waals surface area contributed by atoms with Gasteiger partial charge < -0.3 is 9.64 Å². The number of amides is 1. The van der Waals surface area contributed by atoms with Crippen molar-refractivity contribution < 1.29 is 9.53 Å². The van der Waals surface area contributed by atoms with Crippen molar-refractivity contribution in [3.63, 3.8) is 0 Å². The predicted molar refractivity (Wildman–Crippen MR) is 91.0 cm³/mol. The lowest BCUT2D eigenvalue weighted by Gasteiger charge is -2.16. The quantitative estimate of drug-likeness (QED) is 0.739. The second kappa shape index (κ2) is 6.01. The van der Waals surface area contributed by atoms with Crippen molar-refractivity contribution in [3.05, 3.63) is 59.7 Å². The van der Waals surface area contributed by atoms with Crippen molar-refractivity contribution >= 4 is 27.3 Å². The molecular weight excluding hydrogens is 308 g/mol. The number of benzene rings is 1. The van der Waals surface area contributed by atoms with E-state index in [2.05, 4.69) is 11.1 Å². The van der Waals surface area contributed by atoms with Crippen molar-refractivity contribution in [3.8, 4) is 5.75 Å². The zero-order valence-electron chi connectivity index (χ0n) is 12.5. The van der Waals surface area contributed by atoms with Crippen LogP contribution >= 0.6 is 11.3 Å². The fourth-order valence-electron chi connectivity index (χ4n) is 2.86. The molecule has 1 saturated heterocycles. The van der Waals surface area contributed by atoms with E-state index < -0.39 is 0 Å². The minimum Gasteiger partial charge on any atom is -0.487 e. The van der Waals surface area contributed by atoms with Crippen LogP contribution in [-0.4, -0.2) is 35.0 Å². The van der Waals surface area contributed by atoms with Crippen LogP contribution in [0.4, 0.5) is 0 Å². The van der Waals surface area contributed by atoms with E-state index in [1.54, 1.807) is 23.7 Å². The van der Waals surface area contributed by atoms with Crippen molar-refractivity contribution in [2.75, 3.05) is 13.1 Å². The van der Waals surface area contributed by atoms with Crippen LogP contribution < -0.4 is 4.74 Å². The van der Waals surface area contributed by atoms with Gasteiger partial charge in [-0.2, -0.15) is 0 Å². The molecule has 0 unspecified atom stereocenters. The maximum absolute atomic E-state index is 12.7. The van der Waals surface area contributed by atoms with Gasteiger partial charge in [0.1, 0.15) is 11.9 Å². The molecule has 116 valence electrons.